The summed E-state index contributed by atoms with van der Waals surface area (Å²) < 4.78 is 5.70. The van der Waals surface area contributed by atoms with E-state index < -0.39 is 12.1 Å². The van der Waals surface area contributed by atoms with Gasteiger partial charge in [-0.2, -0.15) is 5.26 Å². The van der Waals surface area contributed by atoms with Gasteiger partial charge < -0.3 is 4.74 Å². The van der Waals surface area contributed by atoms with Gasteiger partial charge in [-0.25, -0.2) is 0 Å². The molecule has 0 aliphatic carbocycles. The standard InChI is InChI=1S/C8H6BrNO2S/c1-5(11)12-6(4-10)7-2-3-8(9)13-7/h2-3,6H,1H3. The van der Waals surface area contributed by atoms with Crippen molar-refractivity contribution in [2.75, 3.05) is 0 Å². The second-order valence-electron chi connectivity index (χ2n) is 2.26. The number of ether oxygens (including phenoxy) is 1. The lowest BCUT2D eigenvalue weighted by atomic mass is 10.3. The average Bonchev–Trinajstić information content (AvgIpc) is 2.47. The minimum atomic E-state index is -0.784. The first-order valence-corrected chi connectivity index (χ1v) is 5.06. The van der Waals surface area contributed by atoms with Crippen molar-refractivity contribution in [3.63, 3.8) is 0 Å². The van der Waals surface area contributed by atoms with Crippen molar-refractivity contribution >= 4 is 33.2 Å². The SMILES string of the molecule is CC(=O)OC(C#N)c1ccc(Br)s1. The Morgan fingerprint density at radius 3 is 2.85 bits per heavy atom. The van der Waals surface area contributed by atoms with Crippen LogP contribution in [0.3, 0.4) is 0 Å². The van der Waals surface area contributed by atoms with Gasteiger partial charge in [-0.05, 0) is 28.1 Å². The van der Waals surface area contributed by atoms with Crippen molar-refractivity contribution in [3.05, 3.63) is 20.8 Å². The Labute approximate surface area is 88.1 Å². The van der Waals surface area contributed by atoms with Crippen molar-refractivity contribution in [2.24, 2.45) is 0 Å². The highest BCUT2D eigenvalue weighted by Gasteiger charge is 2.15. The van der Waals surface area contributed by atoms with E-state index in [4.69, 9.17) is 10.00 Å². The van der Waals surface area contributed by atoms with E-state index in [0.717, 1.165) is 8.66 Å². The number of carbonyl (C=O) groups excluding carboxylic acids is 1. The minimum absolute atomic E-state index is 0.448. The molecule has 1 heterocycles. The fourth-order valence-electron chi connectivity index (χ4n) is 0.783. The van der Waals surface area contributed by atoms with Crippen LogP contribution in [0.1, 0.15) is 17.9 Å². The molecule has 3 nitrogen and oxygen atoms in total. The van der Waals surface area contributed by atoms with Gasteiger partial charge in [0.2, 0.25) is 6.10 Å². The Morgan fingerprint density at radius 1 is 1.77 bits per heavy atom. The van der Waals surface area contributed by atoms with Crippen molar-refractivity contribution < 1.29 is 9.53 Å². The molecule has 1 unspecified atom stereocenters. The molecule has 0 spiro atoms. The molecule has 13 heavy (non-hydrogen) atoms. The lowest BCUT2D eigenvalue weighted by molar-refractivity contribution is -0.144. The van der Waals surface area contributed by atoms with E-state index in [2.05, 4.69) is 15.9 Å². The molecule has 0 amide bonds. The summed E-state index contributed by atoms with van der Waals surface area (Å²) in [5, 5.41) is 8.70. The van der Waals surface area contributed by atoms with Crippen LogP contribution >= 0.6 is 27.3 Å². The summed E-state index contributed by atoms with van der Waals surface area (Å²) in [6.45, 7) is 1.28. The third kappa shape index (κ3) is 2.83. The second-order valence-corrected chi connectivity index (χ2v) is 4.76. The van der Waals surface area contributed by atoms with Gasteiger partial charge in [0.15, 0.2) is 0 Å². The molecular formula is C8H6BrNO2S. The largest absolute Gasteiger partial charge is 0.441 e. The summed E-state index contributed by atoms with van der Waals surface area (Å²) in [7, 11) is 0. The monoisotopic (exact) mass is 259 g/mol. The molecule has 0 aliphatic heterocycles. The summed E-state index contributed by atoms with van der Waals surface area (Å²) in [5.74, 6) is -0.448. The fraction of sp³-hybridized carbons (Fsp3) is 0.250. The van der Waals surface area contributed by atoms with Gasteiger partial charge >= 0.3 is 5.97 Å². The van der Waals surface area contributed by atoms with Crippen molar-refractivity contribution in [3.8, 4) is 6.07 Å². The van der Waals surface area contributed by atoms with Crippen LogP contribution in [0.2, 0.25) is 0 Å². The number of nitriles is 1. The first-order chi connectivity index (χ1) is 6.13. The normalized spacial score (nSPS) is 11.8. The number of hydrogen-bond acceptors (Lipinski definition) is 4. The summed E-state index contributed by atoms with van der Waals surface area (Å²) >= 11 is 4.64. The molecule has 0 aromatic carbocycles. The lowest BCUT2D eigenvalue weighted by Crippen LogP contribution is -2.04. The van der Waals surface area contributed by atoms with Gasteiger partial charge in [0, 0.05) is 6.92 Å². The molecule has 1 rings (SSSR count). The molecule has 0 aliphatic rings. The van der Waals surface area contributed by atoms with Gasteiger partial charge in [0.1, 0.15) is 6.07 Å². The predicted octanol–water partition coefficient (Wildman–Crippen LogP) is 2.64. The molecule has 0 saturated carbocycles. The molecule has 1 aromatic rings. The zero-order chi connectivity index (χ0) is 9.84. The highest BCUT2D eigenvalue weighted by atomic mass is 79.9. The molecule has 0 bridgehead atoms. The fourth-order valence-corrected chi connectivity index (χ4v) is 2.18. The highest BCUT2D eigenvalue weighted by Crippen LogP contribution is 2.28. The van der Waals surface area contributed by atoms with Crippen LogP contribution in [0.15, 0.2) is 15.9 Å². The zero-order valence-corrected chi connectivity index (χ0v) is 9.18. The number of thiophene rings is 1. The minimum Gasteiger partial charge on any atom is -0.441 e. The van der Waals surface area contributed by atoms with E-state index >= 15 is 0 Å². The van der Waals surface area contributed by atoms with Crippen LogP contribution in [-0.2, 0) is 9.53 Å². The van der Waals surface area contributed by atoms with Gasteiger partial charge in [0.25, 0.3) is 0 Å². The topological polar surface area (TPSA) is 50.1 Å². The third-order valence-corrected chi connectivity index (χ3v) is 2.92. The first-order valence-electron chi connectivity index (χ1n) is 3.45. The van der Waals surface area contributed by atoms with Gasteiger partial charge in [0.05, 0.1) is 8.66 Å². The van der Waals surface area contributed by atoms with E-state index in [0.29, 0.717) is 0 Å². The molecule has 0 saturated heterocycles. The van der Waals surface area contributed by atoms with Crippen LogP contribution < -0.4 is 0 Å². The predicted molar refractivity (Wildman–Crippen MR) is 52.1 cm³/mol. The van der Waals surface area contributed by atoms with E-state index in [1.807, 2.05) is 12.1 Å². The molecule has 5 heteroatoms. The smallest absolute Gasteiger partial charge is 0.304 e. The number of esters is 1. The van der Waals surface area contributed by atoms with Gasteiger partial charge in [-0.1, -0.05) is 0 Å². The molecule has 68 valence electrons. The molecule has 0 radical (unpaired) electrons. The van der Waals surface area contributed by atoms with Gasteiger partial charge in [-0.15, -0.1) is 11.3 Å². The Bertz CT molecular complexity index is 355. The summed E-state index contributed by atoms with van der Waals surface area (Å²) in [6, 6.07) is 5.48. The van der Waals surface area contributed by atoms with E-state index in [9.17, 15) is 4.79 Å². The summed E-state index contributed by atoms with van der Waals surface area (Å²) in [4.78, 5) is 11.3. The first kappa shape index (κ1) is 10.2. The van der Waals surface area contributed by atoms with Crippen LogP contribution in [0.25, 0.3) is 0 Å². The number of hydrogen-bond donors (Lipinski definition) is 0. The Morgan fingerprint density at radius 2 is 2.46 bits per heavy atom. The van der Waals surface area contributed by atoms with E-state index in [1.165, 1.54) is 18.3 Å². The van der Waals surface area contributed by atoms with Crippen LogP contribution in [0, 0.1) is 11.3 Å². The maximum atomic E-state index is 10.6. The third-order valence-electron chi connectivity index (χ3n) is 1.25. The lowest BCUT2D eigenvalue weighted by Gasteiger charge is -2.05. The molecular weight excluding hydrogens is 254 g/mol. The molecule has 1 aromatic heterocycles. The van der Waals surface area contributed by atoms with E-state index in [-0.39, 0.29) is 0 Å². The maximum Gasteiger partial charge on any atom is 0.304 e. The molecule has 0 fully saturated rings. The van der Waals surface area contributed by atoms with Crippen LogP contribution in [-0.4, -0.2) is 5.97 Å². The number of carbonyl (C=O) groups is 1. The molecule has 1 atom stereocenters. The quantitative estimate of drug-likeness (QED) is 0.768. The second kappa shape index (κ2) is 4.40. The highest BCUT2D eigenvalue weighted by molar-refractivity contribution is 9.11. The number of nitrogens with zero attached hydrogens (tertiary/aromatic N) is 1. The summed E-state index contributed by atoms with van der Waals surface area (Å²) in [6.07, 6.45) is -0.784. The van der Waals surface area contributed by atoms with Crippen molar-refractivity contribution in [1.82, 2.24) is 0 Å². The Kier molecular flexibility index (Phi) is 3.46. The van der Waals surface area contributed by atoms with Crippen molar-refractivity contribution in [1.29, 1.82) is 5.26 Å². The summed E-state index contributed by atoms with van der Waals surface area (Å²) in [5.41, 5.74) is 0. The zero-order valence-electron chi connectivity index (χ0n) is 6.78. The number of rotatable bonds is 2. The van der Waals surface area contributed by atoms with E-state index in [1.54, 1.807) is 6.07 Å². The Balaban J connectivity index is 2.80. The maximum absolute atomic E-state index is 10.6. The Hall–Kier alpha value is -0.860. The number of halogens is 1. The molecule has 0 N–H and O–H groups in total. The van der Waals surface area contributed by atoms with Gasteiger partial charge in [-0.3, -0.25) is 4.79 Å². The van der Waals surface area contributed by atoms with Crippen molar-refractivity contribution in [2.45, 2.75) is 13.0 Å². The average molecular weight is 260 g/mol. The van der Waals surface area contributed by atoms with Crippen LogP contribution in [0.5, 0.6) is 0 Å². The van der Waals surface area contributed by atoms with Crippen LogP contribution in [0.4, 0.5) is 0 Å².